The first kappa shape index (κ1) is 13.9. The average molecular weight is 284 g/mol. The lowest BCUT2D eigenvalue weighted by atomic mass is 9.97. The van der Waals surface area contributed by atoms with Crippen LogP contribution in [0.5, 0.6) is 0 Å². The smallest absolute Gasteiger partial charge is 0.0565 e. The van der Waals surface area contributed by atoms with Crippen molar-refractivity contribution in [3.05, 3.63) is 45.5 Å². The van der Waals surface area contributed by atoms with Crippen LogP contribution in [0.2, 0.25) is 10.0 Å². The van der Waals surface area contributed by atoms with Crippen molar-refractivity contribution in [1.29, 1.82) is 0 Å². The highest BCUT2D eigenvalue weighted by atomic mass is 35.5. The van der Waals surface area contributed by atoms with Crippen LogP contribution in [0.25, 0.3) is 0 Å². The maximum atomic E-state index is 6.33. The summed E-state index contributed by atoms with van der Waals surface area (Å²) >= 11 is 12.7. The number of allylic oxidation sites excluding steroid dienone is 1. The maximum Gasteiger partial charge on any atom is 0.0565 e. The molecule has 1 aliphatic rings. The predicted octanol–water partition coefficient (Wildman–Crippen LogP) is 5.14. The van der Waals surface area contributed by atoms with E-state index in [9.17, 15) is 0 Å². The molecule has 2 rings (SSSR count). The average Bonchev–Trinajstić information content (AvgIpc) is 2.86. The van der Waals surface area contributed by atoms with Crippen molar-refractivity contribution in [2.75, 3.05) is 6.54 Å². The molecule has 0 fully saturated rings. The van der Waals surface area contributed by atoms with E-state index in [1.807, 2.05) is 18.2 Å². The van der Waals surface area contributed by atoms with E-state index >= 15 is 0 Å². The molecule has 0 spiro atoms. The van der Waals surface area contributed by atoms with Crippen LogP contribution in [0.1, 0.15) is 44.2 Å². The minimum Gasteiger partial charge on any atom is -0.306 e. The summed E-state index contributed by atoms with van der Waals surface area (Å²) in [6, 6.07) is 5.90. The highest BCUT2D eigenvalue weighted by Gasteiger charge is 2.22. The van der Waals surface area contributed by atoms with Gasteiger partial charge in [0, 0.05) is 15.6 Å². The molecule has 1 nitrogen and oxygen atoms in total. The summed E-state index contributed by atoms with van der Waals surface area (Å²) < 4.78 is 0. The van der Waals surface area contributed by atoms with Crippen LogP contribution in [-0.4, -0.2) is 6.54 Å². The Morgan fingerprint density at radius 1 is 1.28 bits per heavy atom. The molecule has 3 heteroatoms. The standard InChI is InChI=1S/C15H19Cl2N/c1-2-10-18-15(11-6-3-4-7-11)14-12(16)8-5-9-13(14)17/h5-6,8-9,15,18H,2-4,7,10H2,1H3. The van der Waals surface area contributed by atoms with Crippen molar-refractivity contribution in [2.24, 2.45) is 0 Å². The molecule has 98 valence electrons. The third-order valence-electron chi connectivity index (χ3n) is 3.33. The van der Waals surface area contributed by atoms with Crippen molar-refractivity contribution in [1.82, 2.24) is 5.32 Å². The van der Waals surface area contributed by atoms with E-state index in [0.717, 1.165) is 35.0 Å². The molecule has 0 radical (unpaired) electrons. The molecule has 1 aliphatic carbocycles. The third kappa shape index (κ3) is 3.09. The van der Waals surface area contributed by atoms with Crippen LogP contribution < -0.4 is 5.32 Å². The van der Waals surface area contributed by atoms with Crippen molar-refractivity contribution in [3.8, 4) is 0 Å². The molecule has 0 aliphatic heterocycles. The zero-order valence-electron chi connectivity index (χ0n) is 10.7. The van der Waals surface area contributed by atoms with Crippen molar-refractivity contribution >= 4 is 23.2 Å². The molecule has 1 aromatic rings. The van der Waals surface area contributed by atoms with Gasteiger partial charge in [0.15, 0.2) is 0 Å². The van der Waals surface area contributed by atoms with Crippen molar-refractivity contribution in [2.45, 2.75) is 38.6 Å². The van der Waals surface area contributed by atoms with Crippen LogP contribution >= 0.6 is 23.2 Å². The first-order valence-corrected chi connectivity index (χ1v) is 7.36. The lowest BCUT2D eigenvalue weighted by Crippen LogP contribution is -2.24. The van der Waals surface area contributed by atoms with Gasteiger partial charge in [-0.1, -0.05) is 47.8 Å². The first-order valence-electron chi connectivity index (χ1n) is 6.60. The highest BCUT2D eigenvalue weighted by Crippen LogP contribution is 2.37. The number of hydrogen-bond acceptors (Lipinski definition) is 1. The zero-order valence-corrected chi connectivity index (χ0v) is 12.2. The van der Waals surface area contributed by atoms with Crippen molar-refractivity contribution < 1.29 is 0 Å². The van der Waals surface area contributed by atoms with Crippen LogP contribution in [0.4, 0.5) is 0 Å². The minimum atomic E-state index is 0.175. The number of halogens is 2. The molecule has 0 bridgehead atoms. The number of nitrogens with one attached hydrogen (secondary N) is 1. The van der Waals surface area contributed by atoms with Gasteiger partial charge in [0.1, 0.15) is 0 Å². The Kier molecular flexibility index (Phi) is 5.11. The molecule has 0 saturated heterocycles. The van der Waals surface area contributed by atoms with E-state index in [2.05, 4.69) is 18.3 Å². The molecule has 1 atom stereocenters. The summed E-state index contributed by atoms with van der Waals surface area (Å²) in [5.74, 6) is 0. The summed E-state index contributed by atoms with van der Waals surface area (Å²) in [4.78, 5) is 0. The highest BCUT2D eigenvalue weighted by molar-refractivity contribution is 6.36. The number of rotatable bonds is 5. The zero-order chi connectivity index (χ0) is 13.0. The SMILES string of the molecule is CCCNC(C1=CCCC1)c1c(Cl)cccc1Cl. The van der Waals surface area contributed by atoms with E-state index in [1.54, 1.807) is 0 Å². The fourth-order valence-corrected chi connectivity index (χ4v) is 3.07. The fourth-order valence-electron chi connectivity index (χ4n) is 2.45. The van der Waals surface area contributed by atoms with Gasteiger partial charge in [-0.2, -0.15) is 0 Å². The minimum absolute atomic E-state index is 0.175. The van der Waals surface area contributed by atoms with Crippen LogP contribution in [-0.2, 0) is 0 Å². The Balaban J connectivity index is 2.33. The predicted molar refractivity (Wildman–Crippen MR) is 79.4 cm³/mol. The van der Waals surface area contributed by atoms with Gasteiger partial charge in [0.25, 0.3) is 0 Å². The van der Waals surface area contributed by atoms with Crippen LogP contribution in [0.15, 0.2) is 29.8 Å². The van der Waals surface area contributed by atoms with Crippen molar-refractivity contribution in [3.63, 3.8) is 0 Å². The maximum absolute atomic E-state index is 6.33. The lowest BCUT2D eigenvalue weighted by Gasteiger charge is -2.23. The molecule has 0 amide bonds. The normalized spacial score (nSPS) is 16.7. The molecule has 0 aromatic heterocycles. The van der Waals surface area contributed by atoms with Crippen LogP contribution in [0.3, 0.4) is 0 Å². The summed E-state index contributed by atoms with van der Waals surface area (Å²) in [6.45, 7) is 3.14. The summed E-state index contributed by atoms with van der Waals surface area (Å²) in [5.41, 5.74) is 2.46. The molecule has 1 unspecified atom stereocenters. The van der Waals surface area contributed by atoms with E-state index < -0.39 is 0 Å². The topological polar surface area (TPSA) is 12.0 Å². The van der Waals surface area contributed by atoms with Gasteiger partial charge in [-0.05, 0) is 44.4 Å². The second-order valence-electron chi connectivity index (χ2n) is 4.69. The molecular formula is C15H19Cl2N. The Morgan fingerprint density at radius 3 is 2.56 bits per heavy atom. The van der Waals surface area contributed by atoms with E-state index in [0.29, 0.717) is 0 Å². The van der Waals surface area contributed by atoms with Gasteiger partial charge >= 0.3 is 0 Å². The summed E-state index contributed by atoms with van der Waals surface area (Å²) in [5, 5.41) is 5.08. The van der Waals surface area contributed by atoms with E-state index in [4.69, 9.17) is 23.2 Å². The van der Waals surface area contributed by atoms with Gasteiger partial charge in [-0.3, -0.25) is 0 Å². The molecule has 18 heavy (non-hydrogen) atoms. The fraction of sp³-hybridized carbons (Fsp3) is 0.467. The lowest BCUT2D eigenvalue weighted by molar-refractivity contribution is 0.579. The van der Waals surface area contributed by atoms with Gasteiger partial charge in [-0.25, -0.2) is 0 Å². The first-order chi connectivity index (χ1) is 8.74. The quantitative estimate of drug-likeness (QED) is 0.738. The monoisotopic (exact) mass is 283 g/mol. The molecule has 0 heterocycles. The summed E-state index contributed by atoms with van der Waals surface area (Å²) in [6.07, 6.45) is 6.98. The van der Waals surface area contributed by atoms with Gasteiger partial charge in [0.2, 0.25) is 0 Å². The Labute approximate surface area is 119 Å². The Morgan fingerprint density at radius 2 is 2.00 bits per heavy atom. The largest absolute Gasteiger partial charge is 0.306 e. The molecule has 1 aromatic carbocycles. The second-order valence-corrected chi connectivity index (χ2v) is 5.51. The van der Waals surface area contributed by atoms with E-state index in [-0.39, 0.29) is 6.04 Å². The van der Waals surface area contributed by atoms with E-state index in [1.165, 1.54) is 18.4 Å². The van der Waals surface area contributed by atoms with Crippen LogP contribution in [0, 0.1) is 0 Å². The molecule has 0 saturated carbocycles. The Hall–Kier alpha value is -0.500. The number of hydrogen-bond donors (Lipinski definition) is 1. The van der Waals surface area contributed by atoms with Gasteiger partial charge < -0.3 is 5.32 Å². The van der Waals surface area contributed by atoms with Gasteiger partial charge in [0.05, 0.1) is 6.04 Å². The molecular weight excluding hydrogens is 265 g/mol. The Bertz CT molecular complexity index is 420. The van der Waals surface area contributed by atoms with Gasteiger partial charge in [-0.15, -0.1) is 0 Å². The summed E-state index contributed by atoms with van der Waals surface area (Å²) in [7, 11) is 0. The molecule has 1 N–H and O–H groups in total. The third-order valence-corrected chi connectivity index (χ3v) is 3.99. The number of benzene rings is 1. The second kappa shape index (κ2) is 6.60.